The summed E-state index contributed by atoms with van der Waals surface area (Å²) >= 11 is 0. The molecular weight excluding hydrogens is 390 g/mol. The summed E-state index contributed by atoms with van der Waals surface area (Å²) in [6.45, 7) is 6.67. The van der Waals surface area contributed by atoms with Crippen molar-refractivity contribution in [3.8, 4) is 11.8 Å². The fourth-order valence-corrected chi connectivity index (χ4v) is 3.12. The first kappa shape index (κ1) is 20.1. The van der Waals surface area contributed by atoms with E-state index in [0.29, 0.717) is 49.6 Å². The molecule has 0 radical (unpaired) electrons. The van der Waals surface area contributed by atoms with E-state index in [1.165, 1.54) is 0 Å². The van der Waals surface area contributed by atoms with Gasteiger partial charge in [-0.1, -0.05) is 5.16 Å². The molecule has 0 atom stereocenters. The molecule has 1 saturated heterocycles. The Kier molecular flexibility index (Phi) is 5.31. The summed E-state index contributed by atoms with van der Waals surface area (Å²) < 4.78 is 16.2. The molecule has 1 aliphatic heterocycles. The van der Waals surface area contributed by atoms with Gasteiger partial charge in [-0.15, -0.1) is 0 Å². The van der Waals surface area contributed by atoms with Gasteiger partial charge < -0.3 is 24.2 Å². The van der Waals surface area contributed by atoms with Crippen LogP contribution in [0.25, 0.3) is 0 Å². The molecule has 1 aliphatic carbocycles. The van der Waals surface area contributed by atoms with Gasteiger partial charge in [-0.25, -0.2) is 4.79 Å². The van der Waals surface area contributed by atoms with Crippen molar-refractivity contribution in [2.45, 2.75) is 45.6 Å². The first-order valence-electron chi connectivity index (χ1n) is 10.0. The van der Waals surface area contributed by atoms with Crippen molar-refractivity contribution in [3.05, 3.63) is 23.8 Å². The Morgan fingerprint density at radius 2 is 2.13 bits per heavy atom. The molecule has 2 aromatic heterocycles. The third-order valence-corrected chi connectivity index (χ3v) is 5.03. The van der Waals surface area contributed by atoms with Crippen LogP contribution in [-0.4, -0.2) is 46.7 Å². The van der Waals surface area contributed by atoms with Gasteiger partial charge in [0.25, 0.3) is 0 Å². The van der Waals surface area contributed by atoms with Crippen LogP contribution in [0.5, 0.6) is 11.8 Å². The van der Waals surface area contributed by atoms with Crippen LogP contribution in [0.4, 0.5) is 10.5 Å². The van der Waals surface area contributed by atoms with Crippen LogP contribution in [0.3, 0.4) is 0 Å². The van der Waals surface area contributed by atoms with E-state index in [2.05, 4.69) is 20.4 Å². The molecule has 2 fully saturated rings. The van der Waals surface area contributed by atoms with Gasteiger partial charge >= 0.3 is 6.09 Å². The maximum atomic E-state index is 12.4. The molecule has 10 heteroatoms. The lowest BCUT2D eigenvalue weighted by Crippen LogP contribution is -2.43. The minimum Gasteiger partial charge on any atom is -0.476 e. The van der Waals surface area contributed by atoms with E-state index >= 15 is 0 Å². The van der Waals surface area contributed by atoms with Crippen LogP contribution < -0.4 is 19.7 Å². The number of carbonyl (C=O) groups is 2. The summed E-state index contributed by atoms with van der Waals surface area (Å²) in [4.78, 5) is 34.6. The Balaban J connectivity index is 1.46. The predicted octanol–water partition coefficient (Wildman–Crippen LogP) is 2.36. The maximum Gasteiger partial charge on any atom is 0.414 e. The normalized spacial score (nSPS) is 16.6. The van der Waals surface area contributed by atoms with Crippen molar-refractivity contribution in [2.24, 2.45) is 5.92 Å². The number of amides is 1. The first-order chi connectivity index (χ1) is 14.3. The molecule has 1 amide bonds. The van der Waals surface area contributed by atoms with Gasteiger partial charge in [-0.3, -0.25) is 4.79 Å². The van der Waals surface area contributed by atoms with Crippen molar-refractivity contribution in [3.63, 3.8) is 0 Å². The van der Waals surface area contributed by atoms with Gasteiger partial charge in [0, 0.05) is 26.0 Å². The fourth-order valence-electron chi connectivity index (χ4n) is 3.12. The second-order valence-corrected chi connectivity index (χ2v) is 8.21. The number of ketones is 1. The van der Waals surface area contributed by atoms with E-state index in [1.54, 1.807) is 32.9 Å². The zero-order valence-electron chi connectivity index (χ0n) is 17.3. The van der Waals surface area contributed by atoms with Gasteiger partial charge in [-0.2, -0.15) is 9.97 Å². The lowest BCUT2D eigenvalue weighted by Gasteiger charge is -2.22. The van der Waals surface area contributed by atoms with Gasteiger partial charge in [-0.05, 0) is 38.7 Å². The van der Waals surface area contributed by atoms with Crippen molar-refractivity contribution in [2.75, 3.05) is 24.6 Å². The topological polar surface area (TPSA) is 120 Å². The molecule has 1 saturated carbocycles. The fraction of sp³-hybridized carbons (Fsp3) is 0.550. The van der Waals surface area contributed by atoms with Crippen LogP contribution >= 0.6 is 0 Å². The highest BCUT2D eigenvalue weighted by Gasteiger charge is 2.30. The SMILES string of the molecule is Cc1nc(C(C)(C)NC(=O)Oc2ccc(N3CCC(=O)C3)c(OCC3CC3)n2)no1. The quantitative estimate of drug-likeness (QED) is 0.726. The summed E-state index contributed by atoms with van der Waals surface area (Å²) in [7, 11) is 0. The number of carbonyl (C=O) groups excluding carboxylic acids is 2. The molecule has 160 valence electrons. The number of Topliss-reactive ketones (excluding diaryl/α,β-unsaturated/α-hetero) is 1. The van der Waals surface area contributed by atoms with Crippen molar-refractivity contribution in [1.82, 2.24) is 20.4 Å². The third kappa shape index (κ3) is 4.69. The van der Waals surface area contributed by atoms with Gasteiger partial charge in [0.05, 0.1) is 13.2 Å². The number of rotatable bonds is 7. The smallest absolute Gasteiger partial charge is 0.414 e. The number of aryl methyl sites for hydroxylation is 1. The number of nitrogens with zero attached hydrogens (tertiary/aromatic N) is 4. The summed E-state index contributed by atoms with van der Waals surface area (Å²) in [6.07, 6.45) is 2.08. The molecule has 2 aliphatic rings. The van der Waals surface area contributed by atoms with E-state index in [4.69, 9.17) is 14.0 Å². The predicted molar refractivity (Wildman–Crippen MR) is 106 cm³/mol. The van der Waals surface area contributed by atoms with Gasteiger partial charge in [0.15, 0.2) is 11.6 Å². The molecule has 2 aromatic rings. The largest absolute Gasteiger partial charge is 0.476 e. The average Bonchev–Trinajstić information content (AvgIpc) is 3.24. The van der Waals surface area contributed by atoms with E-state index in [-0.39, 0.29) is 11.7 Å². The second kappa shape index (κ2) is 7.92. The Labute approximate surface area is 173 Å². The third-order valence-electron chi connectivity index (χ3n) is 5.03. The summed E-state index contributed by atoms with van der Waals surface area (Å²) in [5, 5.41) is 6.55. The summed E-state index contributed by atoms with van der Waals surface area (Å²) in [5.41, 5.74) is -0.160. The number of aromatic nitrogens is 3. The lowest BCUT2D eigenvalue weighted by atomic mass is 10.1. The molecule has 0 spiro atoms. The van der Waals surface area contributed by atoms with Gasteiger partial charge in [0.1, 0.15) is 11.2 Å². The standard InChI is InChI=1S/C20H25N5O5/c1-12-21-18(24-30-12)20(2,3)23-19(27)29-16-7-6-15(25-9-8-14(26)10-25)17(22-16)28-11-13-4-5-13/h6-7,13H,4-5,8-11H2,1-3H3,(H,23,27). The van der Waals surface area contributed by atoms with Crippen molar-refractivity contribution >= 4 is 17.6 Å². The highest BCUT2D eigenvalue weighted by atomic mass is 16.6. The van der Waals surface area contributed by atoms with Crippen LogP contribution in [0.15, 0.2) is 16.7 Å². The van der Waals surface area contributed by atoms with Gasteiger partial charge in [0.2, 0.25) is 17.7 Å². The first-order valence-corrected chi connectivity index (χ1v) is 10.0. The Morgan fingerprint density at radius 3 is 2.77 bits per heavy atom. The van der Waals surface area contributed by atoms with Crippen molar-refractivity contribution < 1.29 is 23.6 Å². The molecular formula is C20H25N5O5. The Hall–Kier alpha value is -3.17. The molecule has 1 N–H and O–H groups in total. The highest BCUT2D eigenvalue weighted by Crippen LogP contribution is 2.34. The number of nitrogens with one attached hydrogen (secondary N) is 1. The van der Waals surface area contributed by atoms with E-state index < -0.39 is 11.6 Å². The van der Waals surface area contributed by atoms with E-state index in [9.17, 15) is 9.59 Å². The van der Waals surface area contributed by atoms with Crippen LogP contribution in [0.2, 0.25) is 0 Å². The lowest BCUT2D eigenvalue weighted by molar-refractivity contribution is -0.116. The molecule has 0 bridgehead atoms. The second-order valence-electron chi connectivity index (χ2n) is 8.21. The van der Waals surface area contributed by atoms with Crippen LogP contribution in [0, 0.1) is 12.8 Å². The number of ether oxygens (including phenoxy) is 2. The minimum atomic E-state index is -0.893. The highest BCUT2D eigenvalue weighted by molar-refractivity contribution is 5.87. The summed E-state index contributed by atoms with van der Waals surface area (Å²) in [5.74, 6) is 1.94. The number of hydrogen-bond acceptors (Lipinski definition) is 9. The van der Waals surface area contributed by atoms with E-state index in [1.807, 2.05) is 4.90 Å². The number of hydrogen-bond donors (Lipinski definition) is 1. The maximum absolute atomic E-state index is 12.4. The number of pyridine rings is 1. The average molecular weight is 415 g/mol. The molecule has 10 nitrogen and oxygen atoms in total. The molecule has 30 heavy (non-hydrogen) atoms. The van der Waals surface area contributed by atoms with Crippen LogP contribution in [0.1, 0.15) is 44.8 Å². The zero-order valence-corrected chi connectivity index (χ0v) is 17.3. The minimum absolute atomic E-state index is 0.104. The van der Waals surface area contributed by atoms with E-state index in [0.717, 1.165) is 18.5 Å². The zero-order chi connectivity index (χ0) is 21.3. The molecule has 0 aromatic carbocycles. The summed E-state index contributed by atoms with van der Waals surface area (Å²) in [6, 6.07) is 3.36. The Bertz CT molecular complexity index is 953. The monoisotopic (exact) mass is 415 g/mol. The molecule has 0 unspecified atom stereocenters. The Morgan fingerprint density at radius 1 is 1.33 bits per heavy atom. The number of anilines is 1. The molecule has 3 heterocycles. The van der Waals surface area contributed by atoms with Crippen LogP contribution in [-0.2, 0) is 10.3 Å². The molecule has 4 rings (SSSR count). The van der Waals surface area contributed by atoms with Crippen molar-refractivity contribution in [1.29, 1.82) is 0 Å².